The van der Waals surface area contributed by atoms with Crippen molar-refractivity contribution in [2.24, 2.45) is 0 Å². The predicted molar refractivity (Wildman–Crippen MR) is 114 cm³/mol. The number of nitrogens with one attached hydrogen (secondary N) is 1. The number of amides is 1. The largest absolute Gasteiger partial charge is 0.497 e. The van der Waals surface area contributed by atoms with Gasteiger partial charge >= 0.3 is 12.1 Å². The fourth-order valence-corrected chi connectivity index (χ4v) is 3.26. The number of rotatable bonds is 5. The molecule has 166 valence electrons. The van der Waals surface area contributed by atoms with Crippen LogP contribution in [0, 0.1) is 0 Å². The standard InChI is InChI=1S/C23H33NO6/c1-21(2,3)29-19(25)23(24-20(26)30-22(4,5)6)12-11-15(14-23)17-13-16(27-7)9-10-18(17)28-8/h9-13,15H,14H2,1-8H3,(H,24,26)/t15-,23+/m0/s1. The van der Waals surface area contributed by atoms with Gasteiger partial charge < -0.3 is 24.3 Å². The average molecular weight is 420 g/mol. The number of carbonyl (C=O) groups is 2. The molecule has 2 rings (SSSR count). The van der Waals surface area contributed by atoms with E-state index in [1.165, 1.54) is 0 Å². The van der Waals surface area contributed by atoms with Crippen molar-refractivity contribution in [1.29, 1.82) is 0 Å². The molecule has 1 N–H and O–H groups in total. The number of allylic oxidation sites excluding steroid dienone is 1. The van der Waals surface area contributed by atoms with E-state index in [4.69, 9.17) is 18.9 Å². The second-order valence-corrected chi connectivity index (χ2v) is 9.38. The second kappa shape index (κ2) is 8.58. The van der Waals surface area contributed by atoms with E-state index in [2.05, 4.69) is 5.32 Å². The van der Waals surface area contributed by atoms with E-state index in [-0.39, 0.29) is 12.3 Å². The summed E-state index contributed by atoms with van der Waals surface area (Å²) in [7, 11) is 3.18. The Morgan fingerprint density at radius 2 is 1.63 bits per heavy atom. The Kier molecular flexibility index (Phi) is 6.74. The van der Waals surface area contributed by atoms with Crippen molar-refractivity contribution in [2.75, 3.05) is 14.2 Å². The third-order valence-corrected chi connectivity index (χ3v) is 4.48. The molecule has 7 nitrogen and oxygen atoms in total. The topological polar surface area (TPSA) is 83.1 Å². The third-order valence-electron chi connectivity index (χ3n) is 4.48. The summed E-state index contributed by atoms with van der Waals surface area (Å²) < 4.78 is 21.8. The Balaban J connectivity index is 2.37. The quantitative estimate of drug-likeness (QED) is 0.564. The highest BCUT2D eigenvalue weighted by Gasteiger charge is 2.47. The normalized spacial score (nSPS) is 21.1. The van der Waals surface area contributed by atoms with E-state index in [0.29, 0.717) is 11.5 Å². The van der Waals surface area contributed by atoms with Crippen molar-refractivity contribution in [3.8, 4) is 11.5 Å². The van der Waals surface area contributed by atoms with Crippen molar-refractivity contribution in [3.63, 3.8) is 0 Å². The molecule has 0 saturated heterocycles. The number of methoxy groups -OCH3 is 2. The molecular weight excluding hydrogens is 386 g/mol. The second-order valence-electron chi connectivity index (χ2n) is 9.38. The highest BCUT2D eigenvalue weighted by Crippen LogP contribution is 2.41. The van der Waals surface area contributed by atoms with Crippen LogP contribution in [0.2, 0.25) is 0 Å². The Labute approximate surface area is 178 Å². The molecule has 7 heteroatoms. The van der Waals surface area contributed by atoms with Crippen molar-refractivity contribution in [2.45, 2.75) is 70.6 Å². The number of hydrogen-bond acceptors (Lipinski definition) is 6. The van der Waals surface area contributed by atoms with Crippen LogP contribution in [0.1, 0.15) is 59.4 Å². The van der Waals surface area contributed by atoms with Gasteiger partial charge in [0.05, 0.1) is 14.2 Å². The summed E-state index contributed by atoms with van der Waals surface area (Å²) in [6.07, 6.45) is 3.13. The first kappa shape index (κ1) is 23.6. The lowest BCUT2D eigenvalue weighted by molar-refractivity contribution is -0.161. The van der Waals surface area contributed by atoms with E-state index >= 15 is 0 Å². The first-order chi connectivity index (χ1) is 13.8. The number of esters is 1. The Morgan fingerprint density at radius 3 is 2.17 bits per heavy atom. The van der Waals surface area contributed by atoms with Gasteiger partial charge in [0.2, 0.25) is 0 Å². The Morgan fingerprint density at radius 1 is 1.00 bits per heavy atom. The van der Waals surface area contributed by atoms with Crippen LogP contribution in [-0.2, 0) is 14.3 Å². The fraction of sp³-hybridized carbons (Fsp3) is 0.565. The molecule has 1 aromatic carbocycles. The Bertz CT molecular complexity index is 818. The highest BCUT2D eigenvalue weighted by atomic mass is 16.6. The van der Waals surface area contributed by atoms with Gasteiger partial charge in [-0.1, -0.05) is 12.2 Å². The van der Waals surface area contributed by atoms with Crippen molar-refractivity contribution in [3.05, 3.63) is 35.9 Å². The lowest BCUT2D eigenvalue weighted by atomic mass is 9.90. The zero-order chi connectivity index (χ0) is 22.7. The SMILES string of the molecule is COc1ccc(OC)c([C@H]2C=C[C@](NC(=O)OC(C)(C)C)(C(=O)OC(C)(C)C)C2)c1. The first-order valence-corrected chi connectivity index (χ1v) is 9.94. The lowest BCUT2D eigenvalue weighted by Gasteiger charge is -2.32. The van der Waals surface area contributed by atoms with E-state index in [9.17, 15) is 9.59 Å². The van der Waals surface area contributed by atoms with Crippen LogP contribution in [0.3, 0.4) is 0 Å². The maximum absolute atomic E-state index is 13.1. The molecule has 0 saturated carbocycles. The summed E-state index contributed by atoms with van der Waals surface area (Å²) in [4.78, 5) is 25.7. The van der Waals surface area contributed by atoms with Crippen LogP contribution in [0.15, 0.2) is 30.4 Å². The summed E-state index contributed by atoms with van der Waals surface area (Å²) in [5, 5.41) is 2.74. The molecule has 2 atom stereocenters. The molecule has 0 radical (unpaired) electrons. The van der Waals surface area contributed by atoms with Gasteiger partial charge in [-0.2, -0.15) is 0 Å². The lowest BCUT2D eigenvalue weighted by Crippen LogP contribution is -2.55. The number of benzene rings is 1. The minimum atomic E-state index is -1.35. The summed E-state index contributed by atoms with van der Waals surface area (Å²) >= 11 is 0. The van der Waals surface area contributed by atoms with Gasteiger partial charge in [-0.15, -0.1) is 0 Å². The van der Waals surface area contributed by atoms with Gasteiger partial charge in [0, 0.05) is 11.5 Å². The monoisotopic (exact) mass is 419 g/mol. The van der Waals surface area contributed by atoms with Crippen molar-refractivity contribution >= 4 is 12.1 Å². The average Bonchev–Trinajstić information content (AvgIpc) is 3.03. The zero-order valence-corrected chi connectivity index (χ0v) is 19.1. The minimum Gasteiger partial charge on any atom is -0.497 e. The minimum absolute atomic E-state index is 0.197. The van der Waals surface area contributed by atoms with E-state index in [1.807, 2.05) is 18.2 Å². The molecule has 0 aliphatic heterocycles. The molecule has 0 aromatic heterocycles. The van der Waals surface area contributed by atoms with Crippen molar-refractivity contribution < 1.29 is 28.5 Å². The highest BCUT2D eigenvalue weighted by molar-refractivity contribution is 5.89. The van der Waals surface area contributed by atoms with E-state index < -0.39 is 28.8 Å². The molecule has 0 unspecified atom stereocenters. The molecule has 0 heterocycles. The van der Waals surface area contributed by atoms with Crippen LogP contribution in [0.4, 0.5) is 4.79 Å². The van der Waals surface area contributed by atoms with Gasteiger partial charge in [-0.3, -0.25) is 0 Å². The molecule has 0 fully saturated rings. The van der Waals surface area contributed by atoms with Crippen LogP contribution in [0.25, 0.3) is 0 Å². The van der Waals surface area contributed by atoms with Crippen LogP contribution >= 0.6 is 0 Å². The molecule has 0 bridgehead atoms. The third kappa shape index (κ3) is 5.90. The molecule has 1 aliphatic carbocycles. The maximum atomic E-state index is 13.1. The van der Waals surface area contributed by atoms with Gasteiger partial charge in [0.1, 0.15) is 22.7 Å². The van der Waals surface area contributed by atoms with Crippen LogP contribution in [-0.4, -0.2) is 43.0 Å². The van der Waals surface area contributed by atoms with E-state index in [1.54, 1.807) is 67.9 Å². The first-order valence-electron chi connectivity index (χ1n) is 9.94. The molecular formula is C23H33NO6. The number of ether oxygens (including phenoxy) is 4. The molecule has 1 aliphatic rings. The number of alkyl carbamates (subject to hydrolysis) is 1. The summed E-state index contributed by atoms with van der Waals surface area (Å²) in [5.74, 6) is 0.607. The summed E-state index contributed by atoms with van der Waals surface area (Å²) in [6.45, 7) is 10.7. The molecule has 1 amide bonds. The number of carbonyl (C=O) groups excluding carboxylic acids is 2. The summed E-state index contributed by atoms with van der Waals surface area (Å²) in [5.41, 5.74) is -1.91. The zero-order valence-electron chi connectivity index (χ0n) is 19.1. The number of hydrogen-bond donors (Lipinski definition) is 1. The van der Waals surface area contributed by atoms with Gasteiger partial charge in [-0.05, 0) is 66.2 Å². The fourth-order valence-electron chi connectivity index (χ4n) is 3.26. The molecule has 30 heavy (non-hydrogen) atoms. The summed E-state index contributed by atoms with van der Waals surface area (Å²) in [6, 6.07) is 5.49. The van der Waals surface area contributed by atoms with Gasteiger partial charge in [0.25, 0.3) is 0 Å². The maximum Gasteiger partial charge on any atom is 0.408 e. The van der Waals surface area contributed by atoms with Gasteiger partial charge in [-0.25, -0.2) is 9.59 Å². The van der Waals surface area contributed by atoms with Crippen molar-refractivity contribution in [1.82, 2.24) is 5.32 Å². The van der Waals surface area contributed by atoms with Crippen LogP contribution < -0.4 is 14.8 Å². The predicted octanol–water partition coefficient (Wildman–Crippen LogP) is 4.35. The molecule has 0 spiro atoms. The van der Waals surface area contributed by atoms with E-state index in [0.717, 1.165) is 5.56 Å². The molecule has 1 aromatic rings. The van der Waals surface area contributed by atoms with Crippen LogP contribution in [0.5, 0.6) is 11.5 Å². The Hall–Kier alpha value is -2.70. The van der Waals surface area contributed by atoms with Gasteiger partial charge in [0.15, 0.2) is 5.54 Å². The smallest absolute Gasteiger partial charge is 0.408 e.